The van der Waals surface area contributed by atoms with E-state index >= 15 is 0 Å². The van der Waals surface area contributed by atoms with Crippen LogP contribution in [0.3, 0.4) is 0 Å². The van der Waals surface area contributed by atoms with E-state index in [0.717, 1.165) is 23.4 Å². The average molecular weight is 340 g/mol. The summed E-state index contributed by atoms with van der Waals surface area (Å²) in [4.78, 5) is 25.0. The molecule has 0 saturated carbocycles. The molecule has 0 saturated heterocycles. The van der Waals surface area contributed by atoms with Gasteiger partial charge in [-0.05, 0) is 43.5 Å². The van der Waals surface area contributed by atoms with Crippen LogP contribution in [0.25, 0.3) is 0 Å². The number of nitrogens with one attached hydrogen (secondary N) is 2. The van der Waals surface area contributed by atoms with E-state index in [9.17, 15) is 9.59 Å². The predicted octanol–water partition coefficient (Wildman–Crippen LogP) is 3.48. The van der Waals surface area contributed by atoms with Crippen molar-refractivity contribution in [1.82, 2.24) is 5.32 Å². The Morgan fingerprint density at radius 1 is 1.21 bits per heavy atom. The number of hydrogen-bond acceptors (Lipinski definition) is 3. The third-order valence-corrected chi connectivity index (χ3v) is 5.12. The molecule has 2 N–H and O–H groups in total. The normalized spacial score (nSPS) is 16.2. The second-order valence-corrected chi connectivity index (χ2v) is 7.19. The van der Waals surface area contributed by atoms with Gasteiger partial charge < -0.3 is 10.6 Å². The zero-order chi connectivity index (χ0) is 16.9. The molecular formula is C19H20N2O2S. The highest BCUT2D eigenvalue weighted by Crippen LogP contribution is 2.35. The molecule has 0 spiro atoms. The lowest BCUT2D eigenvalue weighted by atomic mass is 10.1. The van der Waals surface area contributed by atoms with Gasteiger partial charge in [0.05, 0.1) is 10.9 Å². The fraction of sp³-hybridized carbons (Fsp3) is 0.263. The van der Waals surface area contributed by atoms with Crippen molar-refractivity contribution in [2.75, 3.05) is 11.9 Å². The Balaban J connectivity index is 1.54. The van der Waals surface area contributed by atoms with Crippen LogP contribution < -0.4 is 10.6 Å². The van der Waals surface area contributed by atoms with Gasteiger partial charge in [0, 0.05) is 17.0 Å². The molecule has 2 amide bonds. The van der Waals surface area contributed by atoms with Gasteiger partial charge in [-0.2, -0.15) is 0 Å². The molecule has 124 valence electrons. The summed E-state index contributed by atoms with van der Waals surface area (Å²) in [7, 11) is 0. The second kappa shape index (κ2) is 7.53. The Kier molecular flexibility index (Phi) is 5.20. The van der Waals surface area contributed by atoms with E-state index in [1.165, 1.54) is 17.3 Å². The molecule has 0 aromatic heterocycles. The molecule has 24 heavy (non-hydrogen) atoms. The Bertz CT molecular complexity index is 746. The highest BCUT2D eigenvalue weighted by Gasteiger charge is 2.23. The number of fused-ring (bicyclic) bond motifs is 1. The lowest BCUT2D eigenvalue weighted by Gasteiger charge is -2.21. The third-order valence-electron chi connectivity index (χ3n) is 3.94. The van der Waals surface area contributed by atoms with Crippen LogP contribution in [0.15, 0.2) is 53.4 Å². The number of aryl methyl sites for hydroxylation is 1. The SMILES string of the molecule is C[C@@H]1Sc2ccc(C(=O)NCCCc3ccccc3)cc2NC1=O. The summed E-state index contributed by atoms with van der Waals surface area (Å²) in [6, 6.07) is 15.7. The maximum atomic E-state index is 12.3. The van der Waals surface area contributed by atoms with E-state index in [-0.39, 0.29) is 17.1 Å². The van der Waals surface area contributed by atoms with Crippen molar-refractivity contribution < 1.29 is 9.59 Å². The molecule has 1 heterocycles. The second-order valence-electron chi connectivity index (χ2n) is 5.81. The molecule has 0 radical (unpaired) electrons. The maximum absolute atomic E-state index is 12.3. The molecule has 5 heteroatoms. The first-order valence-electron chi connectivity index (χ1n) is 8.07. The summed E-state index contributed by atoms with van der Waals surface area (Å²) >= 11 is 1.52. The summed E-state index contributed by atoms with van der Waals surface area (Å²) in [5.74, 6) is -0.128. The molecule has 2 aromatic rings. The van der Waals surface area contributed by atoms with Crippen LogP contribution >= 0.6 is 11.8 Å². The van der Waals surface area contributed by atoms with Gasteiger partial charge in [0.1, 0.15) is 0 Å². The summed E-state index contributed by atoms with van der Waals surface area (Å²) in [6.45, 7) is 2.50. The van der Waals surface area contributed by atoms with Gasteiger partial charge in [0.25, 0.3) is 5.91 Å². The summed E-state index contributed by atoms with van der Waals surface area (Å²) in [5.41, 5.74) is 2.57. The van der Waals surface area contributed by atoms with Crippen LogP contribution in [0.4, 0.5) is 5.69 Å². The third kappa shape index (κ3) is 3.97. The molecule has 1 atom stereocenters. The van der Waals surface area contributed by atoms with Gasteiger partial charge in [-0.1, -0.05) is 30.3 Å². The molecule has 1 aliphatic rings. The van der Waals surface area contributed by atoms with E-state index in [1.54, 1.807) is 6.07 Å². The number of thioether (sulfide) groups is 1. The quantitative estimate of drug-likeness (QED) is 0.819. The zero-order valence-corrected chi connectivity index (χ0v) is 14.4. The molecule has 3 rings (SSSR count). The van der Waals surface area contributed by atoms with Crippen LogP contribution in [0.2, 0.25) is 0 Å². The topological polar surface area (TPSA) is 58.2 Å². The fourth-order valence-electron chi connectivity index (χ4n) is 2.59. The minimum atomic E-state index is -0.108. The molecule has 0 unspecified atom stereocenters. The van der Waals surface area contributed by atoms with Gasteiger partial charge >= 0.3 is 0 Å². The minimum Gasteiger partial charge on any atom is -0.352 e. The first kappa shape index (κ1) is 16.6. The van der Waals surface area contributed by atoms with Gasteiger partial charge in [0.15, 0.2) is 0 Å². The summed E-state index contributed by atoms with van der Waals surface area (Å²) < 4.78 is 0. The van der Waals surface area contributed by atoms with Crippen LogP contribution in [-0.2, 0) is 11.2 Å². The average Bonchev–Trinajstić information content (AvgIpc) is 2.60. The lowest BCUT2D eigenvalue weighted by molar-refractivity contribution is -0.115. The smallest absolute Gasteiger partial charge is 0.251 e. The van der Waals surface area contributed by atoms with E-state index in [0.29, 0.717) is 12.1 Å². The molecule has 0 fully saturated rings. The first-order chi connectivity index (χ1) is 11.6. The van der Waals surface area contributed by atoms with Gasteiger partial charge in [-0.3, -0.25) is 9.59 Å². The lowest BCUT2D eigenvalue weighted by Crippen LogP contribution is -2.28. The number of benzene rings is 2. The summed E-state index contributed by atoms with van der Waals surface area (Å²) in [5, 5.41) is 5.69. The Morgan fingerprint density at radius 2 is 2.00 bits per heavy atom. The minimum absolute atomic E-state index is 0.0204. The molecule has 0 bridgehead atoms. The standard InChI is InChI=1S/C19H20N2O2S/c1-13-18(22)21-16-12-15(9-10-17(16)24-13)19(23)20-11-5-8-14-6-3-2-4-7-14/h2-4,6-7,9-10,12-13H,5,8,11H2,1H3,(H,20,23)(H,21,22)/t13-/m0/s1. The molecule has 1 aliphatic heterocycles. The summed E-state index contributed by atoms with van der Waals surface area (Å²) in [6.07, 6.45) is 1.83. The van der Waals surface area contributed by atoms with Crippen LogP contribution in [0.1, 0.15) is 29.3 Å². The van der Waals surface area contributed by atoms with E-state index in [2.05, 4.69) is 22.8 Å². The largest absolute Gasteiger partial charge is 0.352 e. The molecular weight excluding hydrogens is 320 g/mol. The van der Waals surface area contributed by atoms with Gasteiger partial charge in [-0.15, -0.1) is 11.8 Å². The zero-order valence-electron chi connectivity index (χ0n) is 13.5. The van der Waals surface area contributed by atoms with Gasteiger partial charge in [0.2, 0.25) is 5.91 Å². The monoisotopic (exact) mass is 340 g/mol. The number of carbonyl (C=O) groups is 2. The number of amides is 2. The van der Waals surface area contributed by atoms with Crippen molar-refractivity contribution in [1.29, 1.82) is 0 Å². The van der Waals surface area contributed by atoms with Gasteiger partial charge in [-0.25, -0.2) is 0 Å². The van der Waals surface area contributed by atoms with Crippen LogP contribution in [-0.4, -0.2) is 23.6 Å². The van der Waals surface area contributed by atoms with Crippen LogP contribution in [0.5, 0.6) is 0 Å². The number of carbonyl (C=O) groups excluding carboxylic acids is 2. The fourth-order valence-corrected chi connectivity index (χ4v) is 3.52. The Labute approximate surface area is 146 Å². The van der Waals surface area contributed by atoms with Crippen molar-refractivity contribution in [2.24, 2.45) is 0 Å². The molecule has 2 aromatic carbocycles. The Hall–Kier alpha value is -2.27. The van der Waals surface area contributed by atoms with E-state index in [4.69, 9.17) is 0 Å². The molecule has 4 nitrogen and oxygen atoms in total. The maximum Gasteiger partial charge on any atom is 0.251 e. The van der Waals surface area contributed by atoms with Crippen LogP contribution in [0, 0.1) is 0 Å². The van der Waals surface area contributed by atoms with E-state index < -0.39 is 0 Å². The van der Waals surface area contributed by atoms with Crippen molar-refractivity contribution >= 4 is 29.3 Å². The predicted molar refractivity (Wildman–Crippen MR) is 97.5 cm³/mol. The first-order valence-corrected chi connectivity index (χ1v) is 8.95. The highest BCUT2D eigenvalue weighted by molar-refractivity contribution is 8.00. The number of anilines is 1. The highest BCUT2D eigenvalue weighted by atomic mass is 32.2. The van der Waals surface area contributed by atoms with Crippen molar-refractivity contribution in [3.8, 4) is 0 Å². The number of hydrogen-bond donors (Lipinski definition) is 2. The van der Waals surface area contributed by atoms with E-state index in [1.807, 2.05) is 37.3 Å². The Morgan fingerprint density at radius 3 is 2.79 bits per heavy atom. The number of rotatable bonds is 5. The van der Waals surface area contributed by atoms with Crippen molar-refractivity contribution in [3.63, 3.8) is 0 Å². The molecule has 0 aliphatic carbocycles. The van der Waals surface area contributed by atoms with Crippen molar-refractivity contribution in [2.45, 2.75) is 29.9 Å². The van der Waals surface area contributed by atoms with Crippen molar-refractivity contribution in [3.05, 3.63) is 59.7 Å².